The highest BCUT2D eigenvalue weighted by molar-refractivity contribution is 5.86. The molecule has 23 heavy (non-hydrogen) atoms. The van der Waals surface area contributed by atoms with Crippen molar-refractivity contribution in [3.05, 3.63) is 35.5 Å². The zero-order chi connectivity index (χ0) is 16.4. The van der Waals surface area contributed by atoms with Gasteiger partial charge in [-0.3, -0.25) is 9.59 Å². The minimum Gasteiger partial charge on any atom is -0.369 e. The lowest BCUT2D eigenvalue weighted by molar-refractivity contribution is -0.134. The third kappa shape index (κ3) is 3.23. The maximum absolute atomic E-state index is 12.4. The number of carbonyl (C=O) groups is 2. The Kier molecular flexibility index (Phi) is 4.37. The Bertz CT molecular complexity index is 727. The Labute approximate surface area is 135 Å². The van der Waals surface area contributed by atoms with E-state index >= 15 is 0 Å². The molecule has 0 spiro atoms. The van der Waals surface area contributed by atoms with Gasteiger partial charge in [0.1, 0.15) is 0 Å². The fourth-order valence-corrected chi connectivity index (χ4v) is 3.38. The summed E-state index contributed by atoms with van der Waals surface area (Å²) in [4.78, 5) is 28.7. The molecule has 1 aliphatic rings. The topological polar surface area (TPSA) is 79.2 Å². The highest BCUT2D eigenvalue weighted by Gasteiger charge is 2.25. The number of aromatic nitrogens is 1. The number of primary amides is 1. The van der Waals surface area contributed by atoms with E-state index in [9.17, 15) is 9.59 Å². The summed E-state index contributed by atoms with van der Waals surface area (Å²) in [5, 5.41) is 1.20. The molecular formula is C18H23N3O2. The number of fused-ring (bicyclic) bond motifs is 1. The predicted molar refractivity (Wildman–Crippen MR) is 89.9 cm³/mol. The van der Waals surface area contributed by atoms with Gasteiger partial charge in [0.15, 0.2) is 0 Å². The lowest BCUT2D eigenvalue weighted by atomic mass is 9.96. The first-order valence-electron chi connectivity index (χ1n) is 8.19. The summed E-state index contributed by atoms with van der Waals surface area (Å²) in [6, 6.07) is 6.22. The molecular weight excluding hydrogens is 290 g/mol. The van der Waals surface area contributed by atoms with Gasteiger partial charge >= 0.3 is 0 Å². The molecule has 2 aromatic rings. The lowest BCUT2D eigenvalue weighted by Crippen LogP contribution is -2.41. The molecule has 3 rings (SSSR count). The van der Waals surface area contributed by atoms with Crippen molar-refractivity contribution in [3.8, 4) is 0 Å². The van der Waals surface area contributed by atoms with Gasteiger partial charge in [0, 0.05) is 42.5 Å². The molecule has 3 N–H and O–H groups in total. The van der Waals surface area contributed by atoms with E-state index in [-0.39, 0.29) is 17.7 Å². The first kappa shape index (κ1) is 15.6. The fourth-order valence-electron chi connectivity index (χ4n) is 3.38. The van der Waals surface area contributed by atoms with Gasteiger partial charge in [0.05, 0.1) is 0 Å². The second-order valence-corrected chi connectivity index (χ2v) is 6.37. The number of hydrogen-bond acceptors (Lipinski definition) is 2. The molecule has 0 bridgehead atoms. The molecule has 1 aromatic carbocycles. The van der Waals surface area contributed by atoms with Crippen LogP contribution in [0.3, 0.4) is 0 Å². The Balaban J connectivity index is 1.59. The molecule has 2 heterocycles. The quantitative estimate of drug-likeness (QED) is 0.907. The second kappa shape index (κ2) is 6.44. The highest BCUT2D eigenvalue weighted by atomic mass is 16.2. The monoisotopic (exact) mass is 313 g/mol. The number of likely N-dealkylation sites (tertiary alicyclic amines) is 1. The largest absolute Gasteiger partial charge is 0.369 e. The van der Waals surface area contributed by atoms with Gasteiger partial charge in [-0.25, -0.2) is 0 Å². The number of nitrogens with one attached hydrogen (secondary N) is 1. The standard InChI is InChI=1S/C18H23N3O2/c1-12-3-2-4-15-14(11-20-17(12)15)5-6-16(22)21-9-7-13(8-10-21)18(19)23/h2-4,11,13,20H,5-10H2,1H3,(H2,19,23). The summed E-state index contributed by atoms with van der Waals surface area (Å²) in [5.74, 6) is -0.156. The van der Waals surface area contributed by atoms with E-state index in [1.807, 2.05) is 17.2 Å². The van der Waals surface area contributed by atoms with Gasteiger partial charge in [-0.1, -0.05) is 18.2 Å². The minimum absolute atomic E-state index is 0.0735. The number of piperidine rings is 1. The van der Waals surface area contributed by atoms with Crippen molar-refractivity contribution < 1.29 is 9.59 Å². The highest BCUT2D eigenvalue weighted by Crippen LogP contribution is 2.23. The molecule has 122 valence electrons. The number of carbonyl (C=O) groups excluding carboxylic acids is 2. The lowest BCUT2D eigenvalue weighted by Gasteiger charge is -2.30. The first-order chi connectivity index (χ1) is 11.1. The van der Waals surface area contributed by atoms with Crippen LogP contribution < -0.4 is 5.73 Å². The average Bonchev–Trinajstić information content (AvgIpc) is 2.97. The molecule has 0 radical (unpaired) electrons. The number of hydrogen-bond donors (Lipinski definition) is 2. The van der Waals surface area contributed by atoms with E-state index in [1.54, 1.807) is 0 Å². The zero-order valence-electron chi connectivity index (χ0n) is 13.5. The molecule has 1 aromatic heterocycles. The first-order valence-corrected chi connectivity index (χ1v) is 8.19. The minimum atomic E-state index is -0.244. The van der Waals surface area contributed by atoms with E-state index in [4.69, 9.17) is 5.73 Å². The molecule has 0 unspecified atom stereocenters. The Morgan fingerprint density at radius 1 is 1.30 bits per heavy atom. The van der Waals surface area contributed by atoms with Crippen molar-refractivity contribution >= 4 is 22.7 Å². The maximum Gasteiger partial charge on any atom is 0.222 e. The van der Waals surface area contributed by atoms with Crippen molar-refractivity contribution in [2.24, 2.45) is 11.7 Å². The number of amides is 2. The summed E-state index contributed by atoms with van der Waals surface area (Å²) < 4.78 is 0. The number of rotatable bonds is 4. The Morgan fingerprint density at radius 3 is 2.74 bits per heavy atom. The molecule has 0 saturated carbocycles. The number of benzene rings is 1. The smallest absolute Gasteiger partial charge is 0.222 e. The summed E-state index contributed by atoms with van der Waals surface area (Å²) in [6.07, 6.45) is 4.62. The van der Waals surface area contributed by atoms with Crippen molar-refractivity contribution in [1.82, 2.24) is 9.88 Å². The van der Waals surface area contributed by atoms with Crippen LogP contribution in [0, 0.1) is 12.8 Å². The predicted octanol–water partition coefficient (Wildman–Crippen LogP) is 2.13. The average molecular weight is 313 g/mol. The summed E-state index contributed by atoms with van der Waals surface area (Å²) >= 11 is 0. The van der Waals surface area contributed by atoms with Crippen LogP contribution in [0.5, 0.6) is 0 Å². The van der Waals surface area contributed by atoms with Crippen LogP contribution in [-0.4, -0.2) is 34.8 Å². The Hall–Kier alpha value is -2.30. The normalized spacial score (nSPS) is 16.0. The van der Waals surface area contributed by atoms with Gasteiger partial charge in [-0.05, 0) is 37.3 Å². The maximum atomic E-state index is 12.4. The van der Waals surface area contributed by atoms with Crippen molar-refractivity contribution in [2.75, 3.05) is 13.1 Å². The summed E-state index contributed by atoms with van der Waals surface area (Å²) in [5.41, 5.74) is 8.88. The van der Waals surface area contributed by atoms with Crippen molar-refractivity contribution in [2.45, 2.75) is 32.6 Å². The summed E-state index contributed by atoms with van der Waals surface area (Å²) in [7, 11) is 0. The van der Waals surface area contributed by atoms with Crippen LogP contribution in [0.25, 0.3) is 10.9 Å². The van der Waals surface area contributed by atoms with Gasteiger partial charge in [0.2, 0.25) is 11.8 Å². The number of H-pyrrole nitrogens is 1. The van der Waals surface area contributed by atoms with Crippen LogP contribution in [0.1, 0.15) is 30.4 Å². The molecule has 2 amide bonds. The van der Waals surface area contributed by atoms with Gasteiger partial charge in [-0.2, -0.15) is 0 Å². The van der Waals surface area contributed by atoms with Crippen molar-refractivity contribution in [1.29, 1.82) is 0 Å². The number of nitrogens with two attached hydrogens (primary N) is 1. The molecule has 5 heteroatoms. The molecule has 0 atom stereocenters. The van der Waals surface area contributed by atoms with E-state index in [1.165, 1.54) is 16.5 Å². The van der Waals surface area contributed by atoms with Gasteiger partial charge in [0.25, 0.3) is 0 Å². The number of aryl methyl sites for hydroxylation is 2. The number of nitrogens with zero attached hydrogens (tertiary/aromatic N) is 1. The number of para-hydroxylation sites is 1. The molecule has 1 saturated heterocycles. The Morgan fingerprint density at radius 2 is 2.04 bits per heavy atom. The van der Waals surface area contributed by atoms with Crippen LogP contribution in [0.2, 0.25) is 0 Å². The van der Waals surface area contributed by atoms with E-state index < -0.39 is 0 Å². The van der Waals surface area contributed by atoms with Crippen LogP contribution in [0.15, 0.2) is 24.4 Å². The van der Waals surface area contributed by atoms with Gasteiger partial charge in [-0.15, -0.1) is 0 Å². The third-order valence-corrected chi connectivity index (χ3v) is 4.87. The SMILES string of the molecule is Cc1cccc2c(CCC(=O)N3CCC(C(N)=O)CC3)c[nH]c12. The molecule has 0 aliphatic carbocycles. The zero-order valence-corrected chi connectivity index (χ0v) is 13.5. The second-order valence-electron chi connectivity index (χ2n) is 6.37. The summed E-state index contributed by atoms with van der Waals surface area (Å²) in [6.45, 7) is 3.36. The van der Waals surface area contributed by atoms with Crippen LogP contribution in [-0.2, 0) is 16.0 Å². The third-order valence-electron chi connectivity index (χ3n) is 4.87. The van der Waals surface area contributed by atoms with E-state index in [0.717, 1.165) is 11.9 Å². The van der Waals surface area contributed by atoms with Crippen molar-refractivity contribution in [3.63, 3.8) is 0 Å². The fraction of sp³-hybridized carbons (Fsp3) is 0.444. The molecule has 5 nitrogen and oxygen atoms in total. The molecule has 1 aliphatic heterocycles. The van der Waals surface area contributed by atoms with E-state index in [2.05, 4.69) is 24.0 Å². The van der Waals surface area contributed by atoms with E-state index in [0.29, 0.717) is 32.4 Å². The number of aromatic amines is 1. The van der Waals surface area contributed by atoms with Crippen LogP contribution in [0.4, 0.5) is 0 Å². The van der Waals surface area contributed by atoms with Gasteiger partial charge < -0.3 is 15.6 Å². The van der Waals surface area contributed by atoms with Crippen LogP contribution >= 0.6 is 0 Å². The molecule has 1 fully saturated rings.